The van der Waals surface area contributed by atoms with E-state index in [1.165, 1.54) is 0 Å². The van der Waals surface area contributed by atoms with Crippen molar-refractivity contribution in [3.63, 3.8) is 0 Å². The molecule has 72 valence electrons. The van der Waals surface area contributed by atoms with E-state index in [0.29, 0.717) is 0 Å². The second-order valence-corrected chi connectivity index (χ2v) is 4.11. The zero-order chi connectivity index (χ0) is 9.68. The zero-order valence-electron chi connectivity index (χ0n) is 7.79. The molecule has 0 aliphatic heterocycles. The van der Waals surface area contributed by atoms with Gasteiger partial charge in [0.1, 0.15) is 12.1 Å². The number of hydrogen-bond acceptors (Lipinski definition) is 4. The molecule has 0 unspecified atom stereocenters. The molecule has 0 radical (unpaired) electrons. The van der Waals surface area contributed by atoms with Gasteiger partial charge in [-0.3, -0.25) is 0 Å². The number of hydrogen-bond donors (Lipinski definition) is 1. The monoisotopic (exact) mass is 292 g/mol. The maximum absolute atomic E-state index is 4.13. The first-order chi connectivity index (χ1) is 6.20. The van der Waals surface area contributed by atoms with Gasteiger partial charge in [0.15, 0.2) is 0 Å². The summed E-state index contributed by atoms with van der Waals surface area (Å²) < 4.78 is 1.05. The molecule has 0 fully saturated rings. The Labute approximate surface area is 91.9 Å². The second kappa shape index (κ2) is 5.33. The van der Waals surface area contributed by atoms with E-state index < -0.39 is 0 Å². The topological polar surface area (TPSA) is 41.0 Å². The van der Waals surface area contributed by atoms with Crippen LogP contribution in [0.25, 0.3) is 0 Å². The molecule has 0 spiro atoms. The average molecular weight is 292 g/mol. The molecule has 4 nitrogen and oxygen atoms in total. The highest BCUT2D eigenvalue weighted by Crippen LogP contribution is 2.11. The molecule has 0 saturated heterocycles. The Bertz CT molecular complexity index is 264. The minimum Gasteiger partial charge on any atom is -0.368 e. The zero-order valence-corrected chi connectivity index (χ0v) is 9.95. The van der Waals surface area contributed by atoms with Crippen molar-refractivity contribution in [2.45, 2.75) is 0 Å². The molecule has 1 N–H and O–H groups in total. The summed E-state index contributed by atoms with van der Waals surface area (Å²) >= 11 is 2.22. The summed E-state index contributed by atoms with van der Waals surface area (Å²) in [4.78, 5) is 10.2. The lowest BCUT2D eigenvalue weighted by atomic mass is 10.5. The average Bonchev–Trinajstić information content (AvgIpc) is 2.08. The summed E-state index contributed by atoms with van der Waals surface area (Å²) in [5, 5.41) is 3.24. The van der Waals surface area contributed by atoms with Crippen molar-refractivity contribution in [2.75, 3.05) is 32.5 Å². The molecule has 0 atom stereocenters. The third-order valence-corrected chi connectivity index (χ3v) is 2.31. The maximum Gasteiger partial charge on any atom is 0.142 e. The predicted molar refractivity (Wildman–Crippen MR) is 61.8 cm³/mol. The number of nitrogens with one attached hydrogen (secondary N) is 1. The Kier molecular flexibility index (Phi) is 4.37. The SMILES string of the molecule is CN(C)CCNc1ncncc1I. The van der Waals surface area contributed by atoms with E-state index in [4.69, 9.17) is 0 Å². The van der Waals surface area contributed by atoms with Gasteiger partial charge in [0.05, 0.1) is 3.57 Å². The predicted octanol–water partition coefficient (Wildman–Crippen LogP) is 1.05. The fraction of sp³-hybridized carbons (Fsp3) is 0.500. The minimum absolute atomic E-state index is 0.903. The van der Waals surface area contributed by atoms with Crippen molar-refractivity contribution < 1.29 is 0 Å². The quantitative estimate of drug-likeness (QED) is 0.842. The number of likely N-dealkylation sites (N-methyl/N-ethyl adjacent to an activating group) is 1. The molecule has 13 heavy (non-hydrogen) atoms. The fourth-order valence-electron chi connectivity index (χ4n) is 0.841. The highest BCUT2D eigenvalue weighted by atomic mass is 127. The van der Waals surface area contributed by atoms with Gasteiger partial charge in [0, 0.05) is 19.3 Å². The second-order valence-electron chi connectivity index (χ2n) is 2.95. The lowest BCUT2D eigenvalue weighted by molar-refractivity contribution is 0.425. The molecule has 1 aromatic heterocycles. The largest absolute Gasteiger partial charge is 0.368 e. The molecule has 5 heteroatoms. The van der Waals surface area contributed by atoms with Gasteiger partial charge in [0.25, 0.3) is 0 Å². The summed E-state index contributed by atoms with van der Waals surface area (Å²) in [5.74, 6) is 0.914. The first kappa shape index (κ1) is 10.6. The Hall–Kier alpha value is -0.430. The van der Waals surface area contributed by atoms with Crippen LogP contribution in [0, 0.1) is 3.57 Å². The third kappa shape index (κ3) is 3.86. The molecular weight excluding hydrogens is 279 g/mol. The standard InChI is InChI=1S/C8H13IN4/c1-13(2)4-3-11-8-7(9)5-10-6-12-8/h5-6H,3-4H2,1-2H3,(H,10,11,12). The molecule has 0 bridgehead atoms. The molecule has 0 saturated carbocycles. The minimum atomic E-state index is 0.903. The van der Waals surface area contributed by atoms with Gasteiger partial charge in [-0.25, -0.2) is 9.97 Å². The molecule has 1 heterocycles. The number of aromatic nitrogens is 2. The van der Waals surface area contributed by atoms with Crippen molar-refractivity contribution in [1.29, 1.82) is 0 Å². The van der Waals surface area contributed by atoms with E-state index >= 15 is 0 Å². The first-order valence-electron chi connectivity index (χ1n) is 4.04. The lowest BCUT2D eigenvalue weighted by Gasteiger charge is -2.11. The number of anilines is 1. The van der Waals surface area contributed by atoms with Gasteiger partial charge in [-0.05, 0) is 36.7 Å². The van der Waals surface area contributed by atoms with Gasteiger partial charge in [0.2, 0.25) is 0 Å². The van der Waals surface area contributed by atoms with Crippen LogP contribution in [0.15, 0.2) is 12.5 Å². The summed E-state index contributed by atoms with van der Waals surface area (Å²) in [6, 6.07) is 0. The molecule has 0 amide bonds. The van der Waals surface area contributed by atoms with Crippen molar-refractivity contribution in [1.82, 2.24) is 14.9 Å². The summed E-state index contributed by atoms with van der Waals surface area (Å²) in [6.45, 7) is 1.90. The fourth-order valence-corrected chi connectivity index (χ4v) is 1.33. The first-order valence-corrected chi connectivity index (χ1v) is 5.12. The highest BCUT2D eigenvalue weighted by Gasteiger charge is 1.98. The van der Waals surface area contributed by atoms with Gasteiger partial charge >= 0.3 is 0 Å². The van der Waals surface area contributed by atoms with Crippen molar-refractivity contribution >= 4 is 28.4 Å². The van der Waals surface area contributed by atoms with Gasteiger partial charge in [-0.1, -0.05) is 0 Å². The van der Waals surface area contributed by atoms with Crippen LogP contribution in [0.3, 0.4) is 0 Å². The maximum atomic E-state index is 4.13. The third-order valence-electron chi connectivity index (χ3n) is 1.52. The van der Waals surface area contributed by atoms with E-state index in [2.05, 4.69) is 42.8 Å². The lowest BCUT2D eigenvalue weighted by Crippen LogP contribution is -2.21. The van der Waals surface area contributed by atoms with Crippen LogP contribution in [0.2, 0.25) is 0 Å². The summed E-state index contributed by atoms with van der Waals surface area (Å²) in [7, 11) is 4.10. The number of rotatable bonds is 4. The van der Waals surface area contributed by atoms with Crippen molar-refractivity contribution in [2.24, 2.45) is 0 Å². The van der Waals surface area contributed by atoms with Crippen LogP contribution in [-0.4, -0.2) is 42.1 Å². The van der Waals surface area contributed by atoms with Crippen molar-refractivity contribution in [3.8, 4) is 0 Å². The number of nitrogens with zero attached hydrogens (tertiary/aromatic N) is 3. The van der Waals surface area contributed by atoms with Crippen LogP contribution in [0.1, 0.15) is 0 Å². The van der Waals surface area contributed by atoms with E-state index in [0.717, 1.165) is 22.5 Å². The van der Waals surface area contributed by atoms with Crippen molar-refractivity contribution in [3.05, 3.63) is 16.1 Å². The Balaban J connectivity index is 2.41. The summed E-state index contributed by atoms with van der Waals surface area (Å²) in [6.07, 6.45) is 3.35. The van der Waals surface area contributed by atoms with Gasteiger partial charge < -0.3 is 10.2 Å². The molecule has 1 aromatic rings. The Morgan fingerprint density at radius 1 is 1.54 bits per heavy atom. The molecule has 0 aliphatic carbocycles. The van der Waals surface area contributed by atoms with E-state index in [1.807, 2.05) is 14.1 Å². The van der Waals surface area contributed by atoms with Gasteiger partial charge in [-0.15, -0.1) is 0 Å². The normalized spacial score (nSPS) is 10.5. The smallest absolute Gasteiger partial charge is 0.142 e. The Morgan fingerprint density at radius 3 is 2.92 bits per heavy atom. The molecule has 1 rings (SSSR count). The van der Waals surface area contributed by atoms with Crippen LogP contribution >= 0.6 is 22.6 Å². The van der Waals surface area contributed by atoms with E-state index in [9.17, 15) is 0 Å². The van der Waals surface area contributed by atoms with Crippen LogP contribution < -0.4 is 5.32 Å². The van der Waals surface area contributed by atoms with Crippen LogP contribution in [-0.2, 0) is 0 Å². The number of halogens is 1. The molecule has 0 aliphatic rings. The van der Waals surface area contributed by atoms with E-state index in [-0.39, 0.29) is 0 Å². The highest BCUT2D eigenvalue weighted by molar-refractivity contribution is 14.1. The van der Waals surface area contributed by atoms with E-state index in [1.54, 1.807) is 12.5 Å². The summed E-state index contributed by atoms with van der Waals surface area (Å²) in [5.41, 5.74) is 0. The molecular formula is C8H13IN4. The van der Waals surface area contributed by atoms with Crippen LogP contribution in [0.4, 0.5) is 5.82 Å². The van der Waals surface area contributed by atoms with Crippen LogP contribution in [0.5, 0.6) is 0 Å². The molecule has 0 aromatic carbocycles. The Morgan fingerprint density at radius 2 is 2.31 bits per heavy atom. The van der Waals surface area contributed by atoms with Gasteiger partial charge in [-0.2, -0.15) is 0 Å².